The first kappa shape index (κ1) is 14.8. The minimum Gasteiger partial charge on any atom is -0.369 e. The highest BCUT2D eigenvalue weighted by Gasteiger charge is 2.07. The molecule has 21 heavy (non-hydrogen) atoms. The maximum absolute atomic E-state index is 11.8. The van der Waals surface area contributed by atoms with Gasteiger partial charge in [0.2, 0.25) is 5.95 Å². The lowest BCUT2D eigenvalue weighted by Crippen LogP contribution is -2.25. The molecule has 6 heteroatoms. The summed E-state index contributed by atoms with van der Waals surface area (Å²) in [6.07, 6.45) is 1.21. The maximum Gasteiger partial charge on any atom is 0.255 e. The topological polar surface area (TPSA) is 101 Å². The Labute approximate surface area is 122 Å². The summed E-state index contributed by atoms with van der Waals surface area (Å²) < 4.78 is 0. The molecule has 0 atom stereocenters. The molecule has 2 rings (SSSR count). The molecule has 0 bridgehead atoms. The van der Waals surface area contributed by atoms with E-state index in [1.165, 1.54) is 0 Å². The summed E-state index contributed by atoms with van der Waals surface area (Å²) >= 11 is 0. The Morgan fingerprint density at radius 1 is 1.33 bits per heavy atom. The number of hydrogen-bond acceptors (Lipinski definition) is 4. The summed E-state index contributed by atoms with van der Waals surface area (Å²) in [6.45, 7) is 2.25. The molecule has 2 aromatic rings. The van der Waals surface area contributed by atoms with E-state index in [9.17, 15) is 9.59 Å². The summed E-state index contributed by atoms with van der Waals surface area (Å²) in [4.78, 5) is 30.1. The normalized spacial score (nSPS) is 10.3. The SMILES string of the molecule is Cc1nc(N)[nH]c(=O)c1CCCNC(=O)c1ccccc1. The highest BCUT2D eigenvalue weighted by Crippen LogP contribution is 2.03. The molecule has 0 spiro atoms. The van der Waals surface area contributed by atoms with Gasteiger partial charge in [-0.05, 0) is 31.9 Å². The second kappa shape index (κ2) is 6.69. The van der Waals surface area contributed by atoms with Crippen molar-refractivity contribution in [1.82, 2.24) is 15.3 Å². The summed E-state index contributed by atoms with van der Waals surface area (Å²) in [5.74, 6) is 0.00953. The number of aromatic amines is 1. The predicted octanol–water partition coefficient (Wildman–Crippen LogP) is 1.02. The Hall–Kier alpha value is -2.63. The number of benzene rings is 1. The fourth-order valence-electron chi connectivity index (χ4n) is 2.09. The minimum atomic E-state index is -0.214. The number of rotatable bonds is 5. The quantitative estimate of drug-likeness (QED) is 0.714. The fraction of sp³-hybridized carbons (Fsp3) is 0.267. The fourth-order valence-corrected chi connectivity index (χ4v) is 2.09. The smallest absolute Gasteiger partial charge is 0.255 e. The van der Waals surface area contributed by atoms with E-state index in [2.05, 4.69) is 15.3 Å². The van der Waals surface area contributed by atoms with Crippen molar-refractivity contribution in [2.24, 2.45) is 0 Å². The van der Waals surface area contributed by atoms with Crippen molar-refractivity contribution in [3.05, 3.63) is 57.5 Å². The van der Waals surface area contributed by atoms with Gasteiger partial charge in [0, 0.05) is 23.4 Å². The number of nitrogen functional groups attached to an aromatic ring is 1. The van der Waals surface area contributed by atoms with Crippen LogP contribution in [0.4, 0.5) is 5.95 Å². The number of carbonyl (C=O) groups is 1. The van der Waals surface area contributed by atoms with Crippen molar-refractivity contribution in [2.75, 3.05) is 12.3 Å². The van der Waals surface area contributed by atoms with Crippen molar-refractivity contribution in [1.29, 1.82) is 0 Å². The van der Waals surface area contributed by atoms with Crippen LogP contribution in [0.1, 0.15) is 28.0 Å². The molecule has 0 radical (unpaired) electrons. The highest BCUT2D eigenvalue weighted by atomic mass is 16.1. The largest absolute Gasteiger partial charge is 0.369 e. The van der Waals surface area contributed by atoms with Gasteiger partial charge in [-0.1, -0.05) is 18.2 Å². The highest BCUT2D eigenvalue weighted by molar-refractivity contribution is 5.94. The number of nitrogens with two attached hydrogens (primary N) is 1. The average molecular weight is 286 g/mol. The first-order valence-electron chi connectivity index (χ1n) is 6.76. The van der Waals surface area contributed by atoms with Crippen molar-refractivity contribution >= 4 is 11.9 Å². The van der Waals surface area contributed by atoms with E-state index in [0.717, 1.165) is 0 Å². The van der Waals surface area contributed by atoms with Gasteiger partial charge in [-0.15, -0.1) is 0 Å². The van der Waals surface area contributed by atoms with Gasteiger partial charge < -0.3 is 11.1 Å². The molecule has 0 fully saturated rings. The maximum atomic E-state index is 11.8. The molecule has 6 nitrogen and oxygen atoms in total. The van der Waals surface area contributed by atoms with E-state index in [1.807, 2.05) is 18.2 Å². The number of carbonyl (C=O) groups excluding carboxylic acids is 1. The van der Waals surface area contributed by atoms with E-state index in [0.29, 0.717) is 36.2 Å². The number of aryl methyl sites for hydroxylation is 1. The second-order valence-electron chi connectivity index (χ2n) is 4.74. The van der Waals surface area contributed by atoms with E-state index >= 15 is 0 Å². The predicted molar refractivity (Wildman–Crippen MR) is 81.1 cm³/mol. The second-order valence-corrected chi connectivity index (χ2v) is 4.74. The van der Waals surface area contributed by atoms with Crippen molar-refractivity contribution < 1.29 is 4.79 Å². The third-order valence-electron chi connectivity index (χ3n) is 3.17. The number of aromatic nitrogens is 2. The third-order valence-corrected chi connectivity index (χ3v) is 3.17. The molecule has 1 amide bonds. The minimum absolute atomic E-state index is 0.114. The zero-order valence-electron chi connectivity index (χ0n) is 11.8. The molecule has 0 aliphatic rings. The summed E-state index contributed by atoms with van der Waals surface area (Å²) in [5.41, 5.74) is 7.12. The van der Waals surface area contributed by atoms with Crippen LogP contribution >= 0.6 is 0 Å². The molecule has 4 N–H and O–H groups in total. The van der Waals surface area contributed by atoms with Crippen molar-refractivity contribution in [3.8, 4) is 0 Å². The van der Waals surface area contributed by atoms with Crippen LogP contribution in [0.5, 0.6) is 0 Å². The zero-order valence-corrected chi connectivity index (χ0v) is 11.8. The van der Waals surface area contributed by atoms with Crippen molar-refractivity contribution in [2.45, 2.75) is 19.8 Å². The first-order valence-corrected chi connectivity index (χ1v) is 6.76. The van der Waals surface area contributed by atoms with E-state index in [-0.39, 0.29) is 17.4 Å². The molecule has 1 heterocycles. The number of H-pyrrole nitrogens is 1. The van der Waals surface area contributed by atoms with Crippen LogP contribution < -0.4 is 16.6 Å². The molecule has 1 aromatic heterocycles. The molecule has 0 saturated carbocycles. The summed E-state index contributed by atoms with van der Waals surface area (Å²) in [7, 11) is 0. The molecule has 0 unspecified atom stereocenters. The van der Waals surface area contributed by atoms with Gasteiger partial charge in [0.25, 0.3) is 11.5 Å². The number of anilines is 1. The monoisotopic (exact) mass is 286 g/mol. The third kappa shape index (κ3) is 3.92. The molecule has 0 aliphatic heterocycles. The van der Waals surface area contributed by atoms with Crippen LogP contribution in [0.25, 0.3) is 0 Å². The van der Waals surface area contributed by atoms with Gasteiger partial charge in [0.1, 0.15) is 0 Å². The number of amides is 1. The van der Waals surface area contributed by atoms with E-state index in [1.54, 1.807) is 19.1 Å². The molecular formula is C15H18N4O2. The summed E-state index contributed by atoms with van der Waals surface area (Å²) in [5, 5.41) is 2.82. The lowest BCUT2D eigenvalue weighted by Gasteiger charge is -2.07. The van der Waals surface area contributed by atoms with Gasteiger partial charge in [-0.2, -0.15) is 0 Å². The number of hydrogen-bond donors (Lipinski definition) is 3. The Morgan fingerprint density at radius 2 is 2.05 bits per heavy atom. The standard InChI is InChI=1S/C15H18N4O2/c1-10-12(14(21)19-15(16)18-10)8-5-9-17-13(20)11-6-3-2-4-7-11/h2-4,6-7H,5,8-9H2,1H3,(H,17,20)(H3,16,18,19,21). The van der Waals surface area contributed by atoms with Crippen LogP contribution in [-0.4, -0.2) is 22.4 Å². The first-order chi connectivity index (χ1) is 10.1. The Morgan fingerprint density at radius 3 is 2.71 bits per heavy atom. The van der Waals surface area contributed by atoms with Crippen LogP contribution in [-0.2, 0) is 6.42 Å². The van der Waals surface area contributed by atoms with Gasteiger partial charge in [-0.3, -0.25) is 14.6 Å². The number of nitrogens with one attached hydrogen (secondary N) is 2. The van der Waals surface area contributed by atoms with Gasteiger partial charge in [0.05, 0.1) is 0 Å². The van der Waals surface area contributed by atoms with E-state index < -0.39 is 0 Å². The molecule has 110 valence electrons. The lowest BCUT2D eigenvalue weighted by atomic mass is 10.1. The lowest BCUT2D eigenvalue weighted by molar-refractivity contribution is 0.0953. The summed E-state index contributed by atoms with van der Waals surface area (Å²) in [6, 6.07) is 9.01. The average Bonchev–Trinajstić information content (AvgIpc) is 2.46. The van der Waals surface area contributed by atoms with Crippen LogP contribution in [0.3, 0.4) is 0 Å². The molecule has 0 saturated heterocycles. The van der Waals surface area contributed by atoms with E-state index in [4.69, 9.17) is 5.73 Å². The molecule has 0 aliphatic carbocycles. The Balaban J connectivity index is 1.86. The van der Waals surface area contributed by atoms with Gasteiger partial charge in [0.15, 0.2) is 0 Å². The van der Waals surface area contributed by atoms with Crippen LogP contribution in [0.2, 0.25) is 0 Å². The molecular weight excluding hydrogens is 268 g/mol. The Bertz CT molecular complexity index is 680. The van der Waals surface area contributed by atoms with Crippen LogP contribution in [0.15, 0.2) is 35.1 Å². The molecule has 1 aromatic carbocycles. The zero-order chi connectivity index (χ0) is 15.2. The Kier molecular flexibility index (Phi) is 4.71. The van der Waals surface area contributed by atoms with Gasteiger partial charge in [-0.25, -0.2) is 4.98 Å². The number of nitrogens with zero attached hydrogens (tertiary/aromatic N) is 1. The van der Waals surface area contributed by atoms with Crippen molar-refractivity contribution in [3.63, 3.8) is 0 Å². The van der Waals surface area contributed by atoms with Gasteiger partial charge >= 0.3 is 0 Å². The van der Waals surface area contributed by atoms with Crippen LogP contribution in [0, 0.1) is 6.92 Å².